The largest absolute Gasteiger partial charge is 0.364 e. The van der Waals surface area contributed by atoms with E-state index in [1.54, 1.807) is 0 Å². The predicted octanol–water partition coefficient (Wildman–Crippen LogP) is 11.6. The van der Waals surface area contributed by atoms with Crippen molar-refractivity contribution >= 4 is 72.0 Å². The first-order valence-electron chi connectivity index (χ1n) is 13.9. The van der Waals surface area contributed by atoms with E-state index in [4.69, 9.17) is 0 Å². The van der Waals surface area contributed by atoms with E-state index in [0.717, 1.165) is 32.6 Å². The Morgan fingerprint density at radius 3 is 1.90 bits per heavy atom. The smallest absolute Gasteiger partial charge is 0.0568 e. The van der Waals surface area contributed by atoms with Crippen molar-refractivity contribution in [1.29, 1.82) is 0 Å². The molecule has 0 saturated carbocycles. The first-order chi connectivity index (χ1) is 19.8. The van der Waals surface area contributed by atoms with Gasteiger partial charge in [0.25, 0.3) is 0 Å². The van der Waals surface area contributed by atoms with E-state index >= 15 is 0 Å². The van der Waals surface area contributed by atoms with Gasteiger partial charge in [0.2, 0.25) is 0 Å². The number of hydrogen-bond donors (Lipinski definition) is 0. The molecule has 0 saturated heterocycles. The highest BCUT2D eigenvalue weighted by Gasteiger charge is 2.42. The molecule has 5 heteroatoms. The predicted molar refractivity (Wildman–Crippen MR) is 185 cm³/mol. The molecule has 6 rings (SSSR count). The van der Waals surface area contributed by atoms with E-state index in [9.17, 15) is 0 Å². The summed E-state index contributed by atoms with van der Waals surface area (Å²) in [6, 6.07) is 39.5. The third-order valence-electron chi connectivity index (χ3n) is 7.97. The highest BCUT2D eigenvalue weighted by atomic mass is 79.9. The Morgan fingerprint density at radius 1 is 0.756 bits per heavy atom. The molecule has 1 atom stereocenters. The normalized spacial score (nSPS) is 15.8. The summed E-state index contributed by atoms with van der Waals surface area (Å²) >= 11 is 8.99. The molecule has 0 amide bonds. The van der Waals surface area contributed by atoms with Crippen LogP contribution in [0.3, 0.4) is 0 Å². The van der Waals surface area contributed by atoms with Crippen LogP contribution in [0.15, 0.2) is 124 Å². The quantitative estimate of drug-likeness (QED) is 0.168. The second-order valence-corrected chi connectivity index (χ2v) is 13.8. The molecule has 0 aliphatic carbocycles. The van der Waals surface area contributed by atoms with Crippen molar-refractivity contribution in [3.63, 3.8) is 0 Å². The summed E-state index contributed by atoms with van der Waals surface area (Å²) in [4.78, 5) is 7.36. The Kier molecular flexibility index (Phi) is 7.95. The lowest BCUT2D eigenvalue weighted by atomic mass is 9.80. The molecule has 1 aliphatic rings. The molecule has 206 valence electrons. The SMILES string of the molecule is CCN1c2ccccc2C(C)(C)C1/C=C/c1ccc(-c2ccc(N(c3ccc(Br)cc3)c3ccc(Br)cc3)cc2)s1. The van der Waals surface area contributed by atoms with Gasteiger partial charge in [-0.05, 0) is 103 Å². The fraction of sp³-hybridized carbons (Fsp3) is 0.167. The molecule has 4 aromatic carbocycles. The molecule has 0 bridgehead atoms. The maximum atomic E-state index is 3.57. The number of nitrogens with zero attached hydrogens (tertiary/aromatic N) is 2. The van der Waals surface area contributed by atoms with Crippen LogP contribution >= 0.6 is 43.2 Å². The maximum Gasteiger partial charge on any atom is 0.0568 e. The third kappa shape index (κ3) is 5.55. The average Bonchev–Trinajstić information content (AvgIpc) is 3.54. The molecule has 0 radical (unpaired) electrons. The zero-order valence-corrected chi connectivity index (χ0v) is 27.4. The summed E-state index contributed by atoms with van der Waals surface area (Å²) in [6.07, 6.45) is 4.71. The van der Waals surface area contributed by atoms with Crippen LogP contribution in [0.4, 0.5) is 22.7 Å². The van der Waals surface area contributed by atoms with Gasteiger partial charge in [0.05, 0.1) is 6.04 Å². The Balaban J connectivity index is 1.25. The van der Waals surface area contributed by atoms with Crippen LogP contribution < -0.4 is 9.80 Å². The molecule has 1 aromatic heterocycles. The van der Waals surface area contributed by atoms with E-state index in [1.165, 1.54) is 26.6 Å². The average molecular weight is 685 g/mol. The molecule has 1 aliphatic heterocycles. The standard InChI is InChI=1S/C36H32Br2N2S/c1-4-39-33-8-6-5-7-32(33)36(2,3)35(39)24-22-31-21-23-34(41-31)25-9-15-28(16-10-25)40(29-17-11-26(37)12-18-29)30-19-13-27(38)14-20-30/h5-24,35H,4H2,1-3H3/b24-22+. The first-order valence-corrected chi connectivity index (χ1v) is 16.3. The molecular formula is C36H32Br2N2S. The highest BCUT2D eigenvalue weighted by molar-refractivity contribution is 9.10. The first kappa shape index (κ1) is 28.0. The molecular weight excluding hydrogens is 652 g/mol. The molecule has 41 heavy (non-hydrogen) atoms. The number of fused-ring (bicyclic) bond motifs is 1. The number of anilines is 4. The van der Waals surface area contributed by atoms with Gasteiger partial charge < -0.3 is 9.80 Å². The van der Waals surface area contributed by atoms with Crippen molar-refractivity contribution in [2.45, 2.75) is 32.2 Å². The molecule has 2 nitrogen and oxygen atoms in total. The van der Waals surface area contributed by atoms with Crippen LogP contribution in [0.25, 0.3) is 16.5 Å². The van der Waals surface area contributed by atoms with Crippen LogP contribution in [0, 0.1) is 0 Å². The van der Waals surface area contributed by atoms with E-state index < -0.39 is 0 Å². The number of thiophene rings is 1. The molecule has 0 N–H and O–H groups in total. The second-order valence-electron chi connectivity index (χ2n) is 10.9. The summed E-state index contributed by atoms with van der Waals surface area (Å²) in [5.74, 6) is 0. The third-order valence-corrected chi connectivity index (χ3v) is 10.1. The van der Waals surface area contributed by atoms with Gasteiger partial charge in [-0.25, -0.2) is 0 Å². The van der Waals surface area contributed by atoms with Crippen LogP contribution in [0.2, 0.25) is 0 Å². The van der Waals surface area contributed by atoms with E-state index in [-0.39, 0.29) is 5.41 Å². The van der Waals surface area contributed by atoms with Gasteiger partial charge in [0.15, 0.2) is 0 Å². The van der Waals surface area contributed by atoms with Crippen molar-refractivity contribution in [1.82, 2.24) is 0 Å². The molecule has 5 aromatic rings. The topological polar surface area (TPSA) is 6.48 Å². The lowest BCUT2D eigenvalue weighted by Gasteiger charge is -2.31. The number of para-hydroxylation sites is 1. The van der Waals surface area contributed by atoms with E-state index in [2.05, 4.69) is 184 Å². The lowest BCUT2D eigenvalue weighted by Crippen LogP contribution is -2.39. The Labute approximate surface area is 264 Å². The van der Waals surface area contributed by atoms with E-state index in [1.807, 2.05) is 11.3 Å². The Bertz CT molecular complexity index is 1620. The monoisotopic (exact) mass is 682 g/mol. The minimum absolute atomic E-state index is 0.0641. The van der Waals surface area contributed by atoms with Gasteiger partial charge in [-0.1, -0.05) is 82.1 Å². The van der Waals surface area contributed by atoms with Gasteiger partial charge in [-0.2, -0.15) is 0 Å². The zero-order chi connectivity index (χ0) is 28.6. The van der Waals surface area contributed by atoms with Gasteiger partial charge in [0, 0.05) is 53.4 Å². The van der Waals surface area contributed by atoms with E-state index in [0.29, 0.717) is 6.04 Å². The second kappa shape index (κ2) is 11.6. The van der Waals surface area contributed by atoms with Gasteiger partial charge in [0.1, 0.15) is 0 Å². The van der Waals surface area contributed by atoms with Gasteiger partial charge >= 0.3 is 0 Å². The number of likely N-dealkylation sites (N-methyl/N-ethyl adjacent to an activating group) is 1. The van der Waals surface area contributed by atoms with Gasteiger partial charge in [-0.3, -0.25) is 0 Å². The lowest BCUT2D eigenvalue weighted by molar-refractivity contribution is 0.479. The van der Waals surface area contributed by atoms with Crippen molar-refractivity contribution in [2.24, 2.45) is 0 Å². The van der Waals surface area contributed by atoms with Crippen LogP contribution in [0.5, 0.6) is 0 Å². The number of benzene rings is 4. The summed E-state index contributed by atoms with van der Waals surface area (Å²) in [7, 11) is 0. The summed E-state index contributed by atoms with van der Waals surface area (Å²) in [5.41, 5.74) is 7.45. The fourth-order valence-electron chi connectivity index (χ4n) is 5.87. The van der Waals surface area contributed by atoms with Crippen LogP contribution in [-0.2, 0) is 5.41 Å². The van der Waals surface area contributed by atoms with Crippen molar-refractivity contribution in [3.8, 4) is 10.4 Å². The Hall–Kier alpha value is -3.12. The number of hydrogen-bond acceptors (Lipinski definition) is 3. The number of halogens is 2. The number of rotatable bonds is 7. The van der Waals surface area contributed by atoms with Crippen molar-refractivity contribution < 1.29 is 0 Å². The maximum absolute atomic E-state index is 3.57. The molecule has 1 unspecified atom stereocenters. The molecule has 0 spiro atoms. The fourth-order valence-corrected chi connectivity index (χ4v) is 7.32. The molecule has 2 heterocycles. The zero-order valence-electron chi connectivity index (χ0n) is 23.4. The Morgan fingerprint density at radius 2 is 1.32 bits per heavy atom. The summed E-state index contributed by atoms with van der Waals surface area (Å²) in [5, 5.41) is 0. The highest BCUT2D eigenvalue weighted by Crippen LogP contribution is 2.46. The van der Waals surface area contributed by atoms with Crippen molar-refractivity contribution in [3.05, 3.63) is 135 Å². The molecule has 0 fully saturated rings. The van der Waals surface area contributed by atoms with Crippen LogP contribution in [0.1, 0.15) is 31.2 Å². The summed E-state index contributed by atoms with van der Waals surface area (Å²) in [6.45, 7) is 7.98. The minimum atomic E-state index is 0.0641. The van der Waals surface area contributed by atoms with Gasteiger partial charge in [-0.15, -0.1) is 11.3 Å². The van der Waals surface area contributed by atoms with Crippen LogP contribution in [-0.4, -0.2) is 12.6 Å². The minimum Gasteiger partial charge on any atom is -0.364 e. The summed E-state index contributed by atoms with van der Waals surface area (Å²) < 4.78 is 2.14. The van der Waals surface area contributed by atoms with Crippen molar-refractivity contribution in [2.75, 3.05) is 16.3 Å².